The highest BCUT2D eigenvalue weighted by molar-refractivity contribution is 5.12. The summed E-state index contributed by atoms with van der Waals surface area (Å²) in [4.78, 5) is 7.38. The molecule has 56 valence electrons. The van der Waals surface area contributed by atoms with E-state index in [1.54, 1.807) is 0 Å². The van der Waals surface area contributed by atoms with E-state index in [9.17, 15) is 0 Å². The van der Waals surface area contributed by atoms with Gasteiger partial charge in [0.1, 0.15) is 5.82 Å². The first-order valence-corrected chi connectivity index (χ1v) is 3.52. The van der Waals surface area contributed by atoms with Crippen molar-refractivity contribution in [3.63, 3.8) is 0 Å². The summed E-state index contributed by atoms with van der Waals surface area (Å²) in [5, 5.41) is 0. The molecular formula is C7H13N3. The van der Waals surface area contributed by atoms with Gasteiger partial charge in [0.05, 0.1) is 12.2 Å². The minimum atomic E-state index is 0.501. The Labute approximate surface area is 60.7 Å². The summed E-state index contributed by atoms with van der Waals surface area (Å²) < 4.78 is 0. The van der Waals surface area contributed by atoms with Crippen molar-refractivity contribution in [2.75, 3.05) is 0 Å². The molecule has 0 bridgehead atoms. The maximum absolute atomic E-state index is 5.39. The molecule has 0 saturated carbocycles. The van der Waals surface area contributed by atoms with Gasteiger partial charge in [-0.2, -0.15) is 0 Å². The van der Waals surface area contributed by atoms with Crippen molar-refractivity contribution in [2.45, 2.75) is 26.8 Å². The van der Waals surface area contributed by atoms with E-state index in [2.05, 4.69) is 16.9 Å². The number of nitrogens with zero attached hydrogens (tertiary/aromatic N) is 1. The highest BCUT2D eigenvalue weighted by Crippen LogP contribution is 2.03. The summed E-state index contributed by atoms with van der Waals surface area (Å²) in [6, 6.07) is 0. The van der Waals surface area contributed by atoms with E-state index in [4.69, 9.17) is 5.73 Å². The third kappa shape index (κ3) is 1.19. The van der Waals surface area contributed by atoms with Crippen LogP contribution in [0.3, 0.4) is 0 Å². The molecular weight excluding hydrogens is 126 g/mol. The zero-order chi connectivity index (χ0) is 7.56. The molecule has 3 heteroatoms. The summed E-state index contributed by atoms with van der Waals surface area (Å²) in [5.41, 5.74) is 7.66. The molecule has 0 aliphatic rings. The Balaban J connectivity index is 2.92. The summed E-state index contributed by atoms with van der Waals surface area (Å²) in [6.45, 7) is 4.61. The van der Waals surface area contributed by atoms with Crippen LogP contribution in [0.2, 0.25) is 0 Å². The SMILES string of the molecule is CCc1nc(CN)[nH]c1C. The Morgan fingerprint density at radius 1 is 1.60 bits per heavy atom. The number of imidazole rings is 1. The third-order valence-corrected chi connectivity index (χ3v) is 1.56. The molecule has 0 aliphatic carbocycles. The minimum Gasteiger partial charge on any atom is -0.345 e. The molecule has 1 rings (SSSR count). The molecule has 3 N–H and O–H groups in total. The van der Waals surface area contributed by atoms with Crippen LogP contribution in [0.15, 0.2) is 0 Å². The van der Waals surface area contributed by atoms with E-state index < -0.39 is 0 Å². The van der Waals surface area contributed by atoms with Gasteiger partial charge in [-0.3, -0.25) is 0 Å². The van der Waals surface area contributed by atoms with Crippen LogP contribution in [0.25, 0.3) is 0 Å². The van der Waals surface area contributed by atoms with E-state index in [1.807, 2.05) is 6.92 Å². The third-order valence-electron chi connectivity index (χ3n) is 1.56. The van der Waals surface area contributed by atoms with Crippen LogP contribution < -0.4 is 5.73 Å². The van der Waals surface area contributed by atoms with Crippen molar-refractivity contribution < 1.29 is 0 Å². The Kier molecular flexibility index (Phi) is 2.06. The summed E-state index contributed by atoms with van der Waals surface area (Å²) in [6.07, 6.45) is 0.975. The monoisotopic (exact) mass is 139 g/mol. The molecule has 0 radical (unpaired) electrons. The lowest BCUT2D eigenvalue weighted by molar-refractivity contribution is 0.931. The van der Waals surface area contributed by atoms with Crippen LogP contribution in [-0.2, 0) is 13.0 Å². The quantitative estimate of drug-likeness (QED) is 0.635. The summed E-state index contributed by atoms with van der Waals surface area (Å²) in [7, 11) is 0. The van der Waals surface area contributed by atoms with E-state index in [0.29, 0.717) is 6.54 Å². The average Bonchev–Trinajstić information content (AvgIpc) is 2.30. The standard InChI is InChI=1S/C7H13N3/c1-3-6-5(2)9-7(4-8)10-6/h3-4,8H2,1-2H3,(H,9,10). The number of H-pyrrole nitrogens is 1. The van der Waals surface area contributed by atoms with Gasteiger partial charge in [0, 0.05) is 5.69 Å². The second kappa shape index (κ2) is 2.84. The van der Waals surface area contributed by atoms with Gasteiger partial charge in [-0.25, -0.2) is 4.98 Å². The largest absolute Gasteiger partial charge is 0.345 e. The van der Waals surface area contributed by atoms with Crippen molar-refractivity contribution in [3.05, 3.63) is 17.2 Å². The van der Waals surface area contributed by atoms with Gasteiger partial charge < -0.3 is 10.7 Å². The fourth-order valence-electron chi connectivity index (χ4n) is 1.00. The lowest BCUT2D eigenvalue weighted by Crippen LogP contribution is -1.98. The molecule has 1 aromatic rings. The van der Waals surface area contributed by atoms with Crippen molar-refractivity contribution in [2.24, 2.45) is 5.73 Å². The molecule has 0 saturated heterocycles. The number of nitrogens with one attached hydrogen (secondary N) is 1. The zero-order valence-corrected chi connectivity index (χ0v) is 6.44. The smallest absolute Gasteiger partial charge is 0.120 e. The van der Waals surface area contributed by atoms with Gasteiger partial charge in [-0.05, 0) is 13.3 Å². The Morgan fingerprint density at radius 3 is 2.60 bits per heavy atom. The molecule has 1 heterocycles. The Morgan fingerprint density at radius 2 is 2.30 bits per heavy atom. The van der Waals surface area contributed by atoms with E-state index in [1.165, 1.54) is 0 Å². The van der Waals surface area contributed by atoms with Crippen LogP contribution in [-0.4, -0.2) is 9.97 Å². The number of nitrogens with two attached hydrogens (primary N) is 1. The van der Waals surface area contributed by atoms with Crippen molar-refractivity contribution in [1.29, 1.82) is 0 Å². The lowest BCUT2D eigenvalue weighted by Gasteiger charge is -1.86. The molecule has 10 heavy (non-hydrogen) atoms. The first kappa shape index (κ1) is 7.28. The first-order chi connectivity index (χ1) is 4.77. The topological polar surface area (TPSA) is 54.7 Å². The van der Waals surface area contributed by atoms with E-state index >= 15 is 0 Å². The maximum Gasteiger partial charge on any atom is 0.120 e. The molecule has 0 spiro atoms. The number of aryl methyl sites for hydroxylation is 2. The highest BCUT2D eigenvalue weighted by Gasteiger charge is 2.01. The number of hydrogen-bond acceptors (Lipinski definition) is 2. The van der Waals surface area contributed by atoms with Crippen LogP contribution in [0.1, 0.15) is 24.1 Å². The van der Waals surface area contributed by atoms with Crippen molar-refractivity contribution in [1.82, 2.24) is 9.97 Å². The van der Waals surface area contributed by atoms with Crippen molar-refractivity contribution >= 4 is 0 Å². The molecule has 0 unspecified atom stereocenters. The second-order valence-corrected chi connectivity index (χ2v) is 2.31. The minimum absolute atomic E-state index is 0.501. The summed E-state index contributed by atoms with van der Waals surface area (Å²) >= 11 is 0. The van der Waals surface area contributed by atoms with Gasteiger partial charge in [0.15, 0.2) is 0 Å². The summed E-state index contributed by atoms with van der Waals surface area (Å²) in [5.74, 6) is 0.884. The Bertz CT molecular complexity index is 215. The molecule has 0 amide bonds. The fraction of sp³-hybridized carbons (Fsp3) is 0.571. The van der Waals surface area contributed by atoms with E-state index in [-0.39, 0.29) is 0 Å². The number of aromatic nitrogens is 2. The van der Waals surface area contributed by atoms with Crippen LogP contribution >= 0.6 is 0 Å². The maximum atomic E-state index is 5.39. The first-order valence-electron chi connectivity index (χ1n) is 3.52. The zero-order valence-electron chi connectivity index (χ0n) is 6.44. The number of hydrogen-bond donors (Lipinski definition) is 2. The van der Waals surface area contributed by atoms with Crippen LogP contribution in [0.5, 0.6) is 0 Å². The van der Waals surface area contributed by atoms with Gasteiger partial charge in [0.2, 0.25) is 0 Å². The van der Waals surface area contributed by atoms with Gasteiger partial charge >= 0.3 is 0 Å². The van der Waals surface area contributed by atoms with E-state index in [0.717, 1.165) is 23.6 Å². The molecule has 1 aromatic heterocycles. The van der Waals surface area contributed by atoms with Crippen LogP contribution in [0.4, 0.5) is 0 Å². The van der Waals surface area contributed by atoms with Crippen molar-refractivity contribution in [3.8, 4) is 0 Å². The normalized spacial score (nSPS) is 10.3. The lowest BCUT2D eigenvalue weighted by atomic mass is 10.3. The number of rotatable bonds is 2. The second-order valence-electron chi connectivity index (χ2n) is 2.31. The predicted molar refractivity (Wildman–Crippen MR) is 40.6 cm³/mol. The fourth-order valence-corrected chi connectivity index (χ4v) is 1.00. The highest BCUT2D eigenvalue weighted by atomic mass is 14.9. The molecule has 0 aliphatic heterocycles. The number of aromatic amines is 1. The molecule has 0 aromatic carbocycles. The molecule has 0 fully saturated rings. The van der Waals surface area contributed by atoms with Gasteiger partial charge in [-0.1, -0.05) is 6.92 Å². The molecule has 0 atom stereocenters. The molecule has 3 nitrogen and oxygen atoms in total. The Hall–Kier alpha value is -0.830. The van der Waals surface area contributed by atoms with Crippen LogP contribution in [0, 0.1) is 6.92 Å². The van der Waals surface area contributed by atoms with Gasteiger partial charge in [-0.15, -0.1) is 0 Å². The predicted octanol–water partition coefficient (Wildman–Crippen LogP) is 0.739. The van der Waals surface area contributed by atoms with Gasteiger partial charge in [0.25, 0.3) is 0 Å². The average molecular weight is 139 g/mol.